The summed E-state index contributed by atoms with van der Waals surface area (Å²) in [5.74, 6) is -40.6. The molecular weight excluding hydrogens is 496 g/mol. The van der Waals surface area contributed by atoms with Crippen LogP contribution < -0.4 is 11.2 Å². The molecule has 0 saturated heterocycles. The van der Waals surface area contributed by atoms with Gasteiger partial charge in [0.05, 0.1) is 0 Å². The number of halogens is 16. The Morgan fingerprint density at radius 3 is 1.26 bits per heavy atom. The van der Waals surface area contributed by atoms with Crippen LogP contribution in [0.25, 0.3) is 0 Å². The number of H-pyrrole nitrogens is 2. The molecule has 0 aliphatic heterocycles. The summed E-state index contributed by atoms with van der Waals surface area (Å²) < 4.78 is 207. The average Bonchev–Trinajstić information content (AvgIpc) is 2.50. The van der Waals surface area contributed by atoms with E-state index in [4.69, 9.17) is 0 Å². The summed E-state index contributed by atoms with van der Waals surface area (Å²) >= 11 is 0. The third kappa shape index (κ3) is 3.62. The third-order valence-electron chi connectivity index (χ3n) is 3.47. The summed E-state index contributed by atoms with van der Waals surface area (Å²) in [5, 5.41) is 0. The largest absolute Gasteiger partial charge is 0.460 e. The first-order valence-corrected chi connectivity index (χ1v) is 6.68. The Balaban J connectivity index is 3.94. The first-order chi connectivity index (χ1) is 13.3. The number of hydrogen-bond donors (Lipinski definition) is 2. The minimum atomic E-state index is -8.42. The van der Waals surface area contributed by atoms with Crippen LogP contribution >= 0.6 is 0 Å². The maximum Gasteiger partial charge on any atom is 0.460 e. The molecule has 0 aromatic carbocycles. The van der Waals surface area contributed by atoms with Gasteiger partial charge in [-0.3, -0.25) is 9.78 Å². The lowest BCUT2D eigenvalue weighted by molar-refractivity contribution is -0.442. The molecule has 4 nitrogen and oxygen atoms in total. The van der Waals surface area contributed by atoms with Gasteiger partial charge in [0.15, 0.2) is 0 Å². The molecule has 0 unspecified atom stereocenters. The highest BCUT2D eigenvalue weighted by Gasteiger charge is 2.91. The highest BCUT2D eigenvalue weighted by atomic mass is 19.4. The van der Waals surface area contributed by atoms with Crippen molar-refractivity contribution in [2.45, 2.75) is 42.0 Å². The van der Waals surface area contributed by atoms with Gasteiger partial charge in [0.25, 0.3) is 5.56 Å². The van der Waals surface area contributed by atoms with E-state index >= 15 is 0 Å². The van der Waals surface area contributed by atoms with Crippen LogP contribution in [0.4, 0.5) is 70.2 Å². The zero-order valence-electron chi connectivity index (χ0n) is 13.4. The van der Waals surface area contributed by atoms with Crippen LogP contribution in [0.2, 0.25) is 0 Å². The average molecular weight is 498 g/mol. The third-order valence-corrected chi connectivity index (χ3v) is 3.47. The van der Waals surface area contributed by atoms with E-state index in [0.29, 0.717) is 4.98 Å². The molecule has 0 atom stereocenters. The Labute approximate surface area is 155 Å². The maximum absolute atomic E-state index is 13.9. The highest BCUT2D eigenvalue weighted by molar-refractivity contribution is 5.29. The van der Waals surface area contributed by atoms with Crippen LogP contribution in [-0.4, -0.2) is 39.8 Å². The Morgan fingerprint density at radius 1 is 0.516 bits per heavy atom. The first kappa shape index (κ1) is 26.6. The molecule has 0 amide bonds. The lowest BCUT2D eigenvalue weighted by Crippen LogP contribution is -2.70. The smallest absolute Gasteiger partial charge is 0.303 e. The van der Waals surface area contributed by atoms with Crippen molar-refractivity contribution in [3.8, 4) is 0 Å². The molecule has 0 saturated carbocycles. The van der Waals surface area contributed by atoms with E-state index in [2.05, 4.69) is 0 Å². The summed E-state index contributed by atoms with van der Waals surface area (Å²) in [6, 6.07) is 0. The van der Waals surface area contributed by atoms with Gasteiger partial charge in [0, 0.05) is 0 Å². The normalized spacial score (nSPS) is 15.4. The second kappa shape index (κ2) is 6.78. The van der Waals surface area contributed by atoms with Crippen molar-refractivity contribution in [1.82, 2.24) is 9.97 Å². The Morgan fingerprint density at radius 2 is 0.903 bits per heavy atom. The Bertz CT molecular complexity index is 950. The number of rotatable bonds is 5. The Hall–Kier alpha value is -2.44. The van der Waals surface area contributed by atoms with Gasteiger partial charge in [-0.15, -0.1) is 0 Å². The van der Waals surface area contributed by atoms with E-state index in [-0.39, 0.29) is 4.98 Å². The highest BCUT2D eigenvalue weighted by Crippen LogP contribution is 2.62. The SMILES string of the molecule is O=c1[nH]c(C(F)(F)F)c(C(F)(F)C(F)(F)C(F)(F)C(F)(F)C(F)(F)C(F)(F)F)c(=O)[nH]1. The number of hydrogen-bond acceptors (Lipinski definition) is 2. The second-order valence-corrected chi connectivity index (χ2v) is 5.53. The molecule has 1 aromatic heterocycles. The van der Waals surface area contributed by atoms with Gasteiger partial charge in [-0.05, 0) is 0 Å². The molecule has 0 bridgehead atoms. The van der Waals surface area contributed by atoms with Crippen molar-refractivity contribution in [1.29, 1.82) is 0 Å². The monoisotopic (exact) mass is 498 g/mol. The topological polar surface area (TPSA) is 65.7 Å². The van der Waals surface area contributed by atoms with Gasteiger partial charge in [-0.25, -0.2) is 4.79 Å². The van der Waals surface area contributed by atoms with E-state index < -0.39 is 64.5 Å². The summed E-state index contributed by atoms with van der Waals surface area (Å²) in [4.78, 5) is 22.6. The fourth-order valence-corrected chi connectivity index (χ4v) is 1.93. The molecule has 0 aliphatic carbocycles. The van der Waals surface area contributed by atoms with Crippen LogP contribution in [-0.2, 0) is 12.1 Å². The molecule has 0 aliphatic rings. The van der Waals surface area contributed by atoms with Crippen molar-refractivity contribution in [3.63, 3.8) is 0 Å². The zero-order valence-corrected chi connectivity index (χ0v) is 13.4. The minimum absolute atomic E-state index is 0.270. The summed E-state index contributed by atoms with van der Waals surface area (Å²) in [6.07, 6.45) is -14.2. The van der Waals surface area contributed by atoms with Crippen molar-refractivity contribution in [2.75, 3.05) is 0 Å². The number of aromatic amines is 2. The van der Waals surface area contributed by atoms with Crippen LogP contribution in [0.15, 0.2) is 9.59 Å². The van der Waals surface area contributed by atoms with Gasteiger partial charge in [-0.2, -0.15) is 70.2 Å². The van der Waals surface area contributed by atoms with Gasteiger partial charge < -0.3 is 4.98 Å². The molecule has 0 spiro atoms. The van der Waals surface area contributed by atoms with E-state index in [1.807, 2.05) is 0 Å². The lowest BCUT2D eigenvalue weighted by Gasteiger charge is -2.39. The van der Waals surface area contributed by atoms with E-state index in [0.717, 1.165) is 0 Å². The van der Waals surface area contributed by atoms with Crippen LogP contribution in [0.1, 0.15) is 11.3 Å². The molecule has 0 fully saturated rings. The number of alkyl halides is 16. The summed E-state index contributed by atoms with van der Waals surface area (Å²) in [5.41, 5.74) is -12.9. The molecule has 0 radical (unpaired) electrons. The molecule has 2 N–H and O–H groups in total. The van der Waals surface area contributed by atoms with Crippen LogP contribution in [0.3, 0.4) is 0 Å². The maximum atomic E-state index is 13.9. The number of nitrogens with one attached hydrogen (secondary N) is 2. The molecule has 180 valence electrons. The van der Waals surface area contributed by atoms with Gasteiger partial charge in [0.2, 0.25) is 0 Å². The summed E-state index contributed by atoms with van der Waals surface area (Å²) in [7, 11) is 0. The van der Waals surface area contributed by atoms with E-state index in [9.17, 15) is 79.8 Å². The molecular formula is C11H2F16N2O2. The standard InChI is InChI=1S/C11H2F16N2O2/c12-5(13,1-2(6(14,15)16)28-4(31)29-3(1)30)7(17,18)8(19,20)9(21,22)10(23,24)11(25,26)27/h(H2,28,29,30,31). The molecule has 31 heavy (non-hydrogen) atoms. The molecule has 1 aromatic rings. The first-order valence-electron chi connectivity index (χ1n) is 6.68. The van der Waals surface area contributed by atoms with Crippen LogP contribution in [0.5, 0.6) is 0 Å². The van der Waals surface area contributed by atoms with Crippen molar-refractivity contribution >= 4 is 0 Å². The van der Waals surface area contributed by atoms with E-state index in [1.54, 1.807) is 0 Å². The Kier molecular flexibility index (Phi) is 5.81. The van der Waals surface area contributed by atoms with Gasteiger partial charge in [-0.1, -0.05) is 0 Å². The number of aromatic nitrogens is 2. The van der Waals surface area contributed by atoms with Crippen molar-refractivity contribution in [2.24, 2.45) is 0 Å². The molecule has 1 heterocycles. The van der Waals surface area contributed by atoms with Gasteiger partial charge >= 0.3 is 47.7 Å². The fourth-order valence-electron chi connectivity index (χ4n) is 1.93. The fraction of sp³-hybridized carbons (Fsp3) is 0.636. The zero-order chi connectivity index (χ0) is 25.2. The predicted molar refractivity (Wildman–Crippen MR) is 62.4 cm³/mol. The minimum Gasteiger partial charge on any atom is -0.303 e. The van der Waals surface area contributed by atoms with Crippen molar-refractivity contribution < 1.29 is 70.2 Å². The van der Waals surface area contributed by atoms with Crippen LogP contribution in [0, 0.1) is 0 Å². The molecule has 20 heteroatoms. The molecule has 1 rings (SSSR count). The second-order valence-electron chi connectivity index (χ2n) is 5.53. The summed E-state index contributed by atoms with van der Waals surface area (Å²) in [6.45, 7) is 0. The van der Waals surface area contributed by atoms with Crippen molar-refractivity contribution in [3.05, 3.63) is 32.1 Å². The predicted octanol–water partition coefficient (Wildman–Crippen LogP) is 4.28. The quantitative estimate of drug-likeness (QED) is 0.596. The van der Waals surface area contributed by atoms with Gasteiger partial charge in [0.1, 0.15) is 11.3 Å². The lowest BCUT2D eigenvalue weighted by atomic mass is 9.90. The van der Waals surface area contributed by atoms with E-state index in [1.165, 1.54) is 0 Å².